The lowest BCUT2D eigenvalue weighted by molar-refractivity contribution is -0.140. The van der Waals surface area contributed by atoms with Crippen LogP contribution in [-0.2, 0) is 14.4 Å². The highest BCUT2D eigenvalue weighted by Crippen LogP contribution is 2.56. The molecule has 0 spiro atoms. The third-order valence-electron chi connectivity index (χ3n) is 7.26. The van der Waals surface area contributed by atoms with Crippen LogP contribution in [0.5, 0.6) is 0 Å². The number of likely N-dealkylation sites (tertiary alicyclic amines) is 1. The zero-order chi connectivity index (χ0) is 20.1. The summed E-state index contributed by atoms with van der Waals surface area (Å²) in [6, 6.07) is 4.73. The number of amides is 3. The smallest absolute Gasteiger partial charge is 0.233 e. The minimum absolute atomic E-state index is 0.0295. The Labute approximate surface area is 169 Å². The molecule has 4 fully saturated rings. The molecule has 4 unspecified atom stereocenters. The van der Waals surface area contributed by atoms with Gasteiger partial charge in [0, 0.05) is 31.7 Å². The molecule has 0 aromatic heterocycles. The number of hydrogen-bond acceptors (Lipinski definition) is 4. The van der Waals surface area contributed by atoms with Crippen LogP contribution in [0.3, 0.4) is 0 Å². The lowest BCUT2D eigenvalue weighted by atomic mass is 9.81. The first-order chi connectivity index (χ1) is 14.0. The molecule has 4 atom stereocenters. The lowest BCUT2D eigenvalue weighted by Crippen LogP contribution is -2.35. The number of imide groups is 1. The molecule has 6 nitrogen and oxygen atoms in total. The maximum absolute atomic E-state index is 14.4. The summed E-state index contributed by atoms with van der Waals surface area (Å²) >= 11 is 0. The third-order valence-corrected chi connectivity index (χ3v) is 7.26. The number of halogens is 1. The molecule has 2 saturated carbocycles. The number of anilines is 2. The molecule has 2 heterocycles. The highest BCUT2D eigenvalue weighted by molar-refractivity contribution is 6.06. The summed E-state index contributed by atoms with van der Waals surface area (Å²) in [5, 5.41) is 2.69. The molecule has 1 aromatic carbocycles. The van der Waals surface area contributed by atoms with E-state index in [9.17, 15) is 18.8 Å². The Morgan fingerprint density at radius 3 is 2.34 bits per heavy atom. The van der Waals surface area contributed by atoms with Gasteiger partial charge < -0.3 is 10.2 Å². The molecule has 0 radical (unpaired) electrons. The second-order valence-electron chi connectivity index (χ2n) is 8.87. The third kappa shape index (κ3) is 3.11. The molecule has 7 heteroatoms. The minimum Gasteiger partial charge on any atom is -0.369 e. The summed E-state index contributed by atoms with van der Waals surface area (Å²) in [6.45, 7) is 1.80. The van der Waals surface area contributed by atoms with Crippen LogP contribution >= 0.6 is 0 Å². The van der Waals surface area contributed by atoms with Crippen LogP contribution in [0.1, 0.15) is 38.5 Å². The van der Waals surface area contributed by atoms with Gasteiger partial charge in [0.2, 0.25) is 17.7 Å². The van der Waals surface area contributed by atoms with Crippen molar-refractivity contribution in [3.05, 3.63) is 24.0 Å². The van der Waals surface area contributed by atoms with Crippen molar-refractivity contribution in [3.63, 3.8) is 0 Å². The number of nitrogens with zero attached hydrogens (tertiary/aromatic N) is 2. The number of hydrogen-bond donors (Lipinski definition) is 1. The van der Waals surface area contributed by atoms with Crippen LogP contribution in [0.4, 0.5) is 15.8 Å². The summed E-state index contributed by atoms with van der Waals surface area (Å²) in [7, 11) is 0. The van der Waals surface area contributed by atoms with Gasteiger partial charge in [0.25, 0.3) is 0 Å². The predicted molar refractivity (Wildman–Crippen MR) is 106 cm³/mol. The molecule has 29 heavy (non-hydrogen) atoms. The molecular weight excluding hydrogens is 373 g/mol. The van der Waals surface area contributed by atoms with Crippen LogP contribution in [0, 0.1) is 29.5 Å². The predicted octanol–water partition coefficient (Wildman–Crippen LogP) is 2.79. The van der Waals surface area contributed by atoms with Gasteiger partial charge in [0.05, 0.1) is 17.5 Å². The lowest BCUT2D eigenvalue weighted by Gasteiger charge is -2.19. The van der Waals surface area contributed by atoms with Gasteiger partial charge >= 0.3 is 0 Å². The van der Waals surface area contributed by atoms with Gasteiger partial charge in [0.1, 0.15) is 5.82 Å². The molecule has 2 aliphatic heterocycles. The van der Waals surface area contributed by atoms with Gasteiger partial charge in [-0.05, 0) is 62.1 Å². The molecule has 2 saturated heterocycles. The van der Waals surface area contributed by atoms with Gasteiger partial charge in [-0.15, -0.1) is 0 Å². The van der Waals surface area contributed by atoms with E-state index in [1.165, 1.54) is 11.0 Å². The fraction of sp³-hybridized carbons (Fsp3) is 0.591. The van der Waals surface area contributed by atoms with Gasteiger partial charge in [-0.3, -0.25) is 19.3 Å². The molecule has 4 aliphatic rings. The van der Waals surface area contributed by atoms with Gasteiger partial charge in [0.15, 0.2) is 0 Å². The SMILES string of the molecule is O=C(CCN1C(=O)C2C3CCC(C3)C2C1=O)Nc1ccc(N2CCCC2)c(F)c1. The Hall–Kier alpha value is -2.44. The van der Waals surface area contributed by atoms with Gasteiger partial charge in [-0.1, -0.05) is 0 Å². The van der Waals surface area contributed by atoms with Crippen LogP contribution < -0.4 is 10.2 Å². The van der Waals surface area contributed by atoms with E-state index in [0.29, 0.717) is 23.2 Å². The van der Waals surface area contributed by atoms with E-state index in [0.717, 1.165) is 45.2 Å². The Bertz CT molecular complexity index is 839. The number of carbonyl (C=O) groups excluding carboxylic acids is 3. The second kappa shape index (κ2) is 7.11. The Morgan fingerprint density at radius 2 is 1.72 bits per heavy atom. The molecule has 154 valence electrons. The molecule has 2 bridgehead atoms. The molecule has 3 amide bonds. The Morgan fingerprint density at radius 1 is 1.07 bits per heavy atom. The van der Waals surface area contributed by atoms with Crippen LogP contribution in [0.15, 0.2) is 18.2 Å². The maximum atomic E-state index is 14.4. The molecule has 5 rings (SSSR count). The first-order valence-electron chi connectivity index (χ1n) is 10.7. The van der Waals surface area contributed by atoms with Crippen molar-refractivity contribution in [1.29, 1.82) is 0 Å². The average molecular weight is 399 g/mol. The fourth-order valence-corrected chi connectivity index (χ4v) is 5.93. The molecular formula is C22H26FN3O3. The second-order valence-corrected chi connectivity index (χ2v) is 8.87. The quantitative estimate of drug-likeness (QED) is 0.773. The van der Waals surface area contributed by atoms with Crippen molar-refractivity contribution in [1.82, 2.24) is 4.90 Å². The van der Waals surface area contributed by atoms with Crippen molar-refractivity contribution >= 4 is 29.1 Å². The summed E-state index contributed by atoms with van der Waals surface area (Å²) in [6.07, 6.45) is 5.24. The van der Waals surface area contributed by atoms with E-state index in [4.69, 9.17) is 0 Å². The fourth-order valence-electron chi connectivity index (χ4n) is 5.93. The highest BCUT2D eigenvalue weighted by Gasteiger charge is 2.60. The monoisotopic (exact) mass is 399 g/mol. The summed E-state index contributed by atoms with van der Waals surface area (Å²) in [5.41, 5.74) is 0.958. The van der Waals surface area contributed by atoms with E-state index >= 15 is 0 Å². The van der Waals surface area contributed by atoms with Crippen LogP contribution in [0.2, 0.25) is 0 Å². The highest BCUT2D eigenvalue weighted by atomic mass is 19.1. The molecule has 2 aliphatic carbocycles. The van der Waals surface area contributed by atoms with E-state index in [1.807, 2.05) is 4.90 Å². The van der Waals surface area contributed by atoms with E-state index in [2.05, 4.69) is 5.32 Å². The van der Waals surface area contributed by atoms with E-state index in [1.54, 1.807) is 12.1 Å². The minimum atomic E-state index is -0.349. The number of nitrogens with one attached hydrogen (secondary N) is 1. The normalized spacial score (nSPS) is 30.4. The van der Waals surface area contributed by atoms with Crippen LogP contribution in [0.25, 0.3) is 0 Å². The van der Waals surface area contributed by atoms with Crippen molar-refractivity contribution in [2.45, 2.75) is 38.5 Å². The van der Waals surface area contributed by atoms with Crippen molar-refractivity contribution in [2.75, 3.05) is 29.9 Å². The topological polar surface area (TPSA) is 69.7 Å². The number of benzene rings is 1. The van der Waals surface area contributed by atoms with Crippen molar-refractivity contribution in [3.8, 4) is 0 Å². The van der Waals surface area contributed by atoms with E-state index in [-0.39, 0.29) is 48.3 Å². The molecule has 1 N–H and O–H groups in total. The maximum Gasteiger partial charge on any atom is 0.233 e. The summed E-state index contributed by atoms with van der Waals surface area (Å²) < 4.78 is 14.4. The largest absolute Gasteiger partial charge is 0.369 e. The first-order valence-corrected chi connectivity index (χ1v) is 10.7. The van der Waals surface area contributed by atoms with Crippen molar-refractivity contribution < 1.29 is 18.8 Å². The number of fused-ring (bicyclic) bond motifs is 5. The van der Waals surface area contributed by atoms with E-state index < -0.39 is 0 Å². The zero-order valence-electron chi connectivity index (χ0n) is 16.4. The first kappa shape index (κ1) is 18.6. The standard InChI is InChI=1S/C22H26FN3O3/c23-16-12-15(5-6-17(16)25-8-1-2-9-25)24-18(27)7-10-26-21(28)19-13-3-4-14(11-13)20(19)22(26)29/h5-6,12-14,19-20H,1-4,7-11H2,(H,24,27). The summed E-state index contributed by atoms with van der Waals surface area (Å²) in [4.78, 5) is 41.0. The zero-order valence-corrected chi connectivity index (χ0v) is 16.4. The van der Waals surface area contributed by atoms with Gasteiger partial charge in [-0.2, -0.15) is 0 Å². The Balaban J connectivity index is 1.18. The Kier molecular flexibility index (Phi) is 4.56. The van der Waals surface area contributed by atoms with Crippen molar-refractivity contribution in [2.24, 2.45) is 23.7 Å². The number of rotatable bonds is 5. The number of carbonyl (C=O) groups is 3. The molecule has 1 aromatic rings. The van der Waals surface area contributed by atoms with Crippen LogP contribution in [-0.4, -0.2) is 42.3 Å². The average Bonchev–Trinajstić information content (AvgIpc) is 3.47. The summed E-state index contributed by atoms with van der Waals surface area (Å²) in [5.74, 6) is -0.485. The van der Waals surface area contributed by atoms with Gasteiger partial charge in [-0.25, -0.2) is 4.39 Å².